The number of methoxy groups -OCH3 is 1. The fourth-order valence-corrected chi connectivity index (χ4v) is 3.01. The van der Waals surface area contributed by atoms with Gasteiger partial charge in [0.2, 0.25) is 0 Å². The number of hydrogen-bond donors (Lipinski definition) is 1. The van der Waals surface area contributed by atoms with E-state index in [-0.39, 0.29) is 0 Å². The molecule has 3 nitrogen and oxygen atoms in total. The van der Waals surface area contributed by atoms with Crippen molar-refractivity contribution in [2.24, 2.45) is 5.92 Å². The molecular formula is C15H23BrN2O. The monoisotopic (exact) mass is 326 g/mol. The number of nitrogens with zero attached hydrogens (tertiary/aromatic N) is 1. The second-order valence-corrected chi connectivity index (χ2v) is 6.03. The SMILES string of the molecule is CCNCc1ccc(Br)cc1N1CCC(COC)C1. The molecule has 1 atom stereocenters. The Hall–Kier alpha value is -0.580. The van der Waals surface area contributed by atoms with Crippen molar-refractivity contribution in [1.82, 2.24) is 5.32 Å². The highest BCUT2D eigenvalue weighted by Gasteiger charge is 2.24. The maximum atomic E-state index is 5.28. The third-order valence-electron chi connectivity index (χ3n) is 3.64. The van der Waals surface area contributed by atoms with Gasteiger partial charge in [0.05, 0.1) is 6.61 Å². The van der Waals surface area contributed by atoms with Gasteiger partial charge in [0.15, 0.2) is 0 Å². The lowest BCUT2D eigenvalue weighted by molar-refractivity contribution is 0.161. The van der Waals surface area contributed by atoms with Crippen molar-refractivity contribution in [1.29, 1.82) is 0 Å². The van der Waals surface area contributed by atoms with Crippen LogP contribution in [0.4, 0.5) is 5.69 Å². The van der Waals surface area contributed by atoms with Gasteiger partial charge in [0.25, 0.3) is 0 Å². The Morgan fingerprint density at radius 2 is 2.32 bits per heavy atom. The zero-order valence-corrected chi connectivity index (χ0v) is 13.4. The quantitative estimate of drug-likeness (QED) is 0.869. The summed E-state index contributed by atoms with van der Waals surface area (Å²) in [6.45, 7) is 7.18. The number of ether oxygens (including phenoxy) is 1. The summed E-state index contributed by atoms with van der Waals surface area (Å²) in [4.78, 5) is 2.49. The lowest BCUT2D eigenvalue weighted by atomic mass is 10.1. The first kappa shape index (κ1) is 14.8. The molecule has 1 heterocycles. The molecule has 1 unspecified atom stereocenters. The molecule has 2 rings (SSSR count). The van der Waals surface area contributed by atoms with E-state index in [0.29, 0.717) is 5.92 Å². The van der Waals surface area contributed by atoms with Crippen LogP contribution in [0.5, 0.6) is 0 Å². The first-order valence-corrected chi connectivity index (χ1v) is 7.77. The van der Waals surface area contributed by atoms with Gasteiger partial charge in [0, 0.05) is 42.8 Å². The van der Waals surface area contributed by atoms with Gasteiger partial charge in [-0.2, -0.15) is 0 Å². The van der Waals surface area contributed by atoms with Crippen molar-refractivity contribution < 1.29 is 4.74 Å². The minimum absolute atomic E-state index is 0.663. The highest BCUT2D eigenvalue weighted by molar-refractivity contribution is 9.10. The fraction of sp³-hybridized carbons (Fsp3) is 0.600. The molecule has 0 saturated carbocycles. The van der Waals surface area contributed by atoms with Crippen LogP contribution in [-0.2, 0) is 11.3 Å². The summed E-state index contributed by atoms with van der Waals surface area (Å²) in [5.41, 5.74) is 2.73. The smallest absolute Gasteiger partial charge is 0.0508 e. The van der Waals surface area contributed by atoms with Gasteiger partial charge in [-0.15, -0.1) is 0 Å². The molecule has 19 heavy (non-hydrogen) atoms. The summed E-state index contributed by atoms with van der Waals surface area (Å²) in [7, 11) is 1.79. The largest absolute Gasteiger partial charge is 0.384 e. The number of nitrogens with one attached hydrogen (secondary N) is 1. The summed E-state index contributed by atoms with van der Waals surface area (Å²) in [5.74, 6) is 0.663. The van der Waals surface area contributed by atoms with Crippen molar-refractivity contribution in [3.05, 3.63) is 28.2 Å². The first-order valence-electron chi connectivity index (χ1n) is 6.97. The van der Waals surface area contributed by atoms with Crippen LogP contribution in [0.3, 0.4) is 0 Å². The van der Waals surface area contributed by atoms with Crippen LogP contribution in [0, 0.1) is 5.92 Å². The Morgan fingerprint density at radius 1 is 1.47 bits per heavy atom. The van der Waals surface area contributed by atoms with Crippen LogP contribution < -0.4 is 10.2 Å². The number of halogens is 1. The van der Waals surface area contributed by atoms with Crippen molar-refractivity contribution in [2.75, 3.05) is 38.3 Å². The molecule has 106 valence electrons. The lowest BCUT2D eigenvalue weighted by Crippen LogP contribution is -2.23. The van der Waals surface area contributed by atoms with E-state index in [1.54, 1.807) is 7.11 Å². The molecular weight excluding hydrogens is 304 g/mol. The molecule has 0 amide bonds. The molecule has 0 bridgehead atoms. The summed E-state index contributed by atoms with van der Waals surface area (Å²) in [5, 5.41) is 3.42. The Bertz CT molecular complexity index is 411. The van der Waals surface area contributed by atoms with Crippen LogP contribution in [0.15, 0.2) is 22.7 Å². The Balaban J connectivity index is 2.11. The standard InChI is InChI=1S/C15H23BrN2O/c1-3-17-9-13-4-5-14(16)8-15(13)18-7-6-12(10-18)11-19-2/h4-5,8,12,17H,3,6-7,9-11H2,1-2H3. The Labute approximate surface area is 124 Å². The minimum atomic E-state index is 0.663. The van der Waals surface area contributed by atoms with Gasteiger partial charge in [-0.05, 0) is 30.7 Å². The van der Waals surface area contributed by atoms with Crippen molar-refractivity contribution in [2.45, 2.75) is 19.9 Å². The molecule has 1 N–H and O–H groups in total. The molecule has 1 aliphatic rings. The van der Waals surface area contributed by atoms with E-state index < -0.39 is 0 Å². The van der Waals surface area contributed by atoms with Crippen LogP contribution in [0.2, 0.25) is 0 Å². The van der Waals surface area contributed by atoms with E-state index >= 15 is 0 Å². The van der Waals surface area contributed by atoms with Crippen LogP contribution in [-0.4, -0.2) is 33.4 Å². The van der Waals surface area contributed by atoms with Crippen molar-refractivity contribution >= 4 is 21.6 Å². The van der Waals surface area contributed by atoms with Crippen molar-refractivity contribution in [3.8, 4) is 0 Å². The van der Waals surface area contributed by atoms with Crippen LogP contribution >= 0.6 is 15.9 Å². The normalized spacial score (nSPS) is 19.1. The molecule has 0 aliphatic carbocycles. The maximum Gasteiger partial charge on any atom is 0.0508 e. The lowest BCUT2D eigenvalue weighted by Gasteiger charge is -2.23. The van der Waals surface area contributed by atoms with E-state index in [0.717, 1.165) is 37.3 Å². The summed E-state index contributed by atoms with van der Waals surface area (Å²) in [6.07, 6.45) is 1.22. The molecule has 0 spiro atoms. The average Bonchev–Trinajstić information content (AvgIpc) is 2.86. The van der Waals surface area contributed by atoms with Gasteiger partial charge < -0.3 is 15.0 Å². The molecule has 0 radical (unpaired) electrons. The third kappa shape index (κ3) is 3.94. The molecule has 1 saturated heterocycles. The molecule has 1 fully saturated rings. The topological polar surface area (TPSA) is 24.5 Å². The van der Waals surface area contributed by atoms with Gasteiger partial charge in [-0.3, -0.25) is 0 Å². The van der Waals surface area contributed by atoms with Crippen LogP contribution in [0.1, 0.15) is 18.9 Å². The second kappa shape index (κ2) is 7.27. The highest BCUT2D eigenvalue weighted by atomic mass is 79.9. The summed E-state index contributed by atoms with van der Waals surface area (Å²) in [6, 6.07) is 6.58. The predicted molar refractivity (Wildman–Crippen MR) is 83.7 cm³/mol. The van der Waals surface area contributed by atoms with Crippen LogP contribution in [0.25, 0.3) is 0 Å². The second-order valence-electron chi connectivity index (χ2n) is 5.11. The number of anilines is 1. The van der Waals surface area contributed by atoms with E-state index in [2.05, 4.69) is 51.3 Å². The minimum Gasteiger partial charge on any atom is -0.384 e. The zero-order valence-electron chi connectivity index (χ0n) is 11.8. The molecule has 1 aliphatic heterocycles. The molecule has 1 aromatic carbocycles. The Morgan fingerprint density at radius 3 is 3.05 bits per heavy atom. The highest BCUT2D eigenvalue weighted by Crippen LogP contribution is 2.30. The van der Waals surface area contributed by atoms with Gasteiger partial charge in [-0.1, -0.05) is 28.9 Å². The Kier molecular flexibility index (Phi) is 5.67. The summed E-state index contributed by atoms with van der Waals surface area (Å²) < 4.78 is 6.43. The maximum absolute atomic E-state index is 5.28. The summed E-state index contributed by atoms with van der Waals surface area (Å²) >= 11 is 3.59. The first-order chi connectivity index (χ1) is 9.24. The molecule has 1 aromatic rings. The van der Waals surface area contributed by atoms with E-state index in [1.165, 1.54) is 17.7 Å². The number of hydrogen-bond acceptors (Lipinski definition) is 3. The van der Waals surface area contributed by atoms with E-state index in [1.807, 2.05) is 0 Å². The zero-order chi connectivity index (χ0) is 13.7. The fourth-order valence-electron chi connectivity index (χ4n) is 2.66. The molecule has 0 aromatic heterocycles. The van der Waals surface area contributed by atoms with Crippen molar-refractivity contribution in [3.63, 3.8) is 0 Å². The van der Waals surface area contributed by atoms with E-state index in [4.69, 9.17) is 4.74 Å². The molecule has 4 heteroatoms. The van der Waals surface area contributed by atoms with Gasteiger partial charge in [-0.25, -0.2) is 0 Å². The third-order valence-corrected chi connectivity index (χ3v) is 4.13. The van der Waals surface area contributed by atoms with E-state index in [9.17, 15) is 0 Å². The average molecular weight is 327 g/mol. The van der Waals surface area contributed by atoms with Gasteiger partial charge in [0.1, 0.15) is 0 Å². The van der Waals surface area contributed by atoms with Gasteiger partial charge >= 0.3 is 0 Å². The number of rotatable bonds is 6. The predicted octanol–water partition coefficient (Wildman–Crippen LogP) is 3.03. The number of benzene rings is 1.